The fraction of sp³-hybridized carbons (Fsp3) is 0.0545. The standard InChI is InChI=1S/C55H39NO/c1-55(2)50-31-23-39-13-6-7-16-46(39)54(50)48-30-29-45(35-51(48)55)56(43-25-19-37(20-26-43)41-15-10-14-40(33-41)36-11-4-3-5-12-36)44-27-21-38(22-28-44)42-24-32-53-49(34-42)47-17-8-9-18-52(47)57-53/h3-35H,1-2H3. The summed E-state index contributed by atoms with van der Waals surface area (Å²) in [5.41, 5.74) is 17.6. The van der Waals surface area contributed by atoms with Crippen LogP contribution in [-0.2, 0) is 5.41 Å². The molecule has 0 atom stereocenters. The van der Waals surface area contributed by atoms with E-state index in [1.54, 1.807) is 0 Å². The number of benzene rings is 9. The molecule has 2 nitrogen and oxygen atoms in total. The molecule has 9 aromatic carbocycles. The minimum absolute atomic E-state index is 0.149. The van der Waals surface area contributed by atoms with Crippen molar-refractivity contribution >= 4 is 49.8 Å². The molecule has 0 fully saturated rings. The van der Waals surface area contributed by atoms with Crippen LogP contribution in [0.3, 0.4) is 0 Å². The van der Waals surface area contributed by atoms with Gasteiger partial charge in [0.25, 0.3) is 0 Å². The van der Waals surface area contributed by atoms with E-state index in [9.17, 15) is 0 Å². The first-order chi connectivity index (χ1) is 28.0. The Bertz CT molecular complexity index is 3130. The summed E-state index contributed by atoms with van der Waals surface area (Å²) < 4.78 is 6.14. The van der Waals surface area contributed by atoms with Crippen molar-refractivity contribution in [1.82, 2.24) is 0 Å². The first-order valence-electron chi connectivity index (χ1n) is 19.7. The van der Waals surface area contributed by atoms with Crippen LogP contribution in [0.1, 0.15) is 25.0 Å². The van der Waals surface area contributed by atoms with Gasteiger partial charge in [0.15, 0.2) is 0 Å². The van der Waals surface area contributed by atoms with Gasteiger partial charge >= 0.3 is 0 Å². The molecule has 0 radical (unpaired) electrons. The Labute approximate surface area is 332 Å². The van der Waals surface area contributed by atoms with Crippen LogP contribution < -0.4 is 4.90 Å². The Hall–Kier alpha value is -7.16. The van der Waals surface area contributed by atoms with E-state index in [-0.39, 0.29) is 5.41 Å². The Morgan fingerprint density at radius 3 is 1.67 bits per heavy atom. The molecule has 1 aromatic heterocycles. The molecule has 1 heterocycles. The third kappa shape index (κ3) is 5.48. The summed E-state index contributed by atoms with van der Waals surface area (Å²) >= 11 is 0. The lowest BCUT2D eigenvalue weighted by atomic mass is 9.82. The molecule has 0 unspecified atom stereocenters. The van der Waals surface area contributed by atoms with Gasteiger partial charge in [-0.25, -0.2) is 0 Å². The van der Waals surface area contributed by atoms with E-state index >= 15 is 0 Å². The molecule has 0 amide bonds. The van der Waals surface area contributed by atoms with Crippen LogP contribution in [0.4, 0.5) is 17.1 Å². The van der Waals surface area contributed by atoms with E-state index in [1.807, 2.05) is 12.1 Å². The SMILES string of the molecule is CC1(C)c2cc(N(c3ccc(-c4cccc(-c5ccccc5)c4)cc3)c3ccc(-c4ccc5oc6ccccc6c5c4)cc3)ccc2-c2c1ccc1ccccc21. The van der Waals surface area contributed by atoms with Crippen molar-refractivity contribution in [2.45, 2.75) is 19.3 Å². The lowest BCUT2D eigenvalue weighted by molar-refractivity contribution is 0.661. The Kier molecular flexibility index (Phi) is 7.55. The van der Waals surface area contributed by atoms with Gasteiger partial charge < -0.3 is 9.32 Å². The molecule has 1 aliphatic carbocycles. The molecule has 0 bridgehead atoms. The van der Waals surface area contributed by atoms with Crippen molar-refractivity contribution in [3.8, 4) is 44.5 Å². The summed E-state index contributed by atoms with van der Waals surface area (Å²) in [6, 6.07) is 72.7. The van der Waals surface area contributed by atoms with Crippen LogP contribution in [0.25, 0.3) is 77.2 Å². The molecule has 10 aromatic rings. The number of furan rings is 1. The molecular weight excluding hydrogens is 691 g/mol. The van der Waals surface area contributed by atoms with Crippen molar-refractivity contribution < 1.29 is 4.42 Å². The maximum Gasteiger partial charge on any atom is 0.135 e. The average Bonchev–Trinajstić information content (AvgIpc) is 3.76. The van der Waals surface area contributed by atoms with E-state index in [2.05, 4.69) is 207 Å². The number of anilines is 3. The van der Waals surface area contributed by atoms with E-state index in [4.69, 9.17) is 4.42 Å². The molecule has 1 aliphatic rings. The summed E-state index contributed by atoms with van der Waals surface area (Å²) in [5, 5.41) is 4.87. The van der Waals surface area contributed by atoms with Crippen LogP contribution in [0.2, 0.25) is 0 Å². The zero-order chi connectivity index (χ0) is 38.1. The number of para-hydroxylation sites is 1. The molecule has 0 saturated carbocycles. The summed E-state index contributed by atoms with van der Waals surface area (Å²) in [7, 11) is 0. The topological polar surface area (TPSA) is 16.4 Å². The van der Waals surface area contributed by atoms with Crippen molar-refractivity contribution in [3.05, 3.63) is 211 Å². The van der Waals surface area contributed by atoms with Crippen LogP contribution in [0, 0.1) is 0 Å². The number of hydrogen-bond donors (Lipinski definition) is 0. The van der Waals surface area contributed by atoms with Crippen molar-refractivity contribution in [1.29, 1.82) is 0 Å². The molecule has 11 rings (SSSR count). The lowest BCUT2D eigenvalue weighted by Crippen LogP contribution is -2.16. The van der Waals surface area contributed by atoms with Gasteiger partial charge in [0.2, 0.25) is 0 Å². The van der Waals surface area contributed by atoms with Gasteiger partial charge in [0.1, 0.15) is 11.2 Å². The van der Waals surface area contributed by atoms with Gasteiger partial charge in [-0.3, -0.25) is 0 Å². The van der Waals surface area contributed by atoms with Gasteiger partial charge in [-0.2, -0.15) is 0 Å². The summed E-state index contributed by atoms with van der Waals surface area (Å²) in [6.07, 6.45) is 0. The number of fused-ring (bicyclic) bond motifs is 8. The van der Waals surface area contributed by atoms with Crippen molar-refractivity contribution in [2.24, 2.45) is 0 Å². The highest BCUT2D eigenvalue weighted by Crippen LogP contribution is 2.53. The van der Waals surface area contributed by atoms with Crippen LogP contribution in [0.5, 0.6) is 0 Å². The third-order valence-electron chi connectivity index (χ3n) is 12.1. The number of nitrogens with zero attached hydrogens (tertiary/aromatic N) is 1. The summed E-state index contributed by atoms with van der Waals surface area (Å²) in [4.78, 5) is 2.40. The molecule has 0 N–H and O–H groups in total. The van der Waals surface area contributed by atoms with Gasteiger partial charge in [-0.1, -0.05) is 153 Å². The lowest BCUT2D eigenvalue weighted by Gasteiger charge is -2.28. The van der Waals surface area contributed by atoms with Crippen molar-refractivity contribution in [3.63, 3.8) is 0 Å². The smallest absolute Gasteiger partial charge is 0.135 e. The predicted octanol–water partition coefficient (Wildman–Crippen LogP) is 15.5. The molecule has 0 aliphatic heterocycles. The Morgan fingerprint density at radius 1 is 0.368 bits per heavy atom. The minimum Gasteiger partial charge on any atom is -0.456 e. The molecule has 57 heavy (non-hydrogen) atoms. The van der Waals surface area contributed by atoms with Crippen LogP contribution >= 0.6 is 0 Å². The predicted molar refractivity (Wildman–Crippen MR) is 240 cm³/mol. The Balaban J connectivity index is 1.01. The number of rotatable bonds is 6. The van der Waals surface area contributed by atoms with E-state index in [0.29, 0.717) is 0 Å². The Morgan fingerprint density at radius 2 is 0.930 bits per heavy atom. The van der Waals surface area contributed by atoms with E-state index in [0.717, 1.165) is 44.6 Å². The summed E-state index contributed by atoms with van der Waals surface area (Å²) in [6.45, 7) is 4.74. The summed E-state index contributed by atoms with van der Waals surface area (Å²) in [5.74, 6) is 0. The molecule has 270 valence electrons. The van der Waals surface area contributed by atoms with Crippen LogP contribution in [0.15, 0.2) is 205 Å². The number of hydrogen-bond acceptors (Lipinski definition) is 2. The molecule has 0 saturated heterocycles. The second-order valence-corrected chi connectivity index (χ2v) is 15.7. The molecular formula is C55H39NO. The second kappa shape index (κ2) is 13.0. The highest BCUT2D eigenvalue weighted by molar-refractivity contribution is 6.06. The van der Waals surface area contributed by atoms with Gasteiger partial charge in [0.05, 0.1) is 0 Å². The van der Waals surface area contributed by atoms with Gasteiger partial charge in [-0.05, 0) is 127 Å². The van der Waals surface area contributed by atoms with Crippen LogP contribution in [-0.4, -0.2) is 0 Å². The second-order valence-electron chi connectivity index (χ2n) is 15.7. The average molecular weight is 730 g/mol. The maximum atomic E-state index is 6.14. The van der Waals surface area contributed by atoms with E-state index < -0.39 is 0 Å². The fourth-order valence-corrected chi connectivity index (χ4v) is 9.10. The first kappa shape index (κ1) is 33.2. The fourth-order valence-electron chi connectivity index (χ4n) is 9.10. The molecule has 2 heteroatoms. The van der Waals surface area contributed by atoms with Gasteiger partial charge in [0, 0.05) is 33.2 Å². The zero-order valence-electron chi connectivity index (χ0n) is 31.9. The first-order valence-corrected chi connectivity index (χ1v) is 19.7. The highest BCUT2D eigenvalue weighted by atomic mass is 16.3. The third-order valence-corrected chi connectivity index (χ3v) is 12.1. The molecule has 0 spiro atoms. The normalized spacial score (nSPS) is 12.9. The van der Waals surface area contributed by atoms with Crippen molar-refractivity contribution in [2.75, 3.05) is 4.90 Å². The monoisotopic (exact) mass is 729 g/mol. The zero-order valence-corrected chi connectivity index (χ0v) is 31.9. The maximum absolute atomic E-state index is 6.14. The quantitative estimate of drug-likeness (QED) is 0.169. The van der Waals surface area contributed by atoms with Gasteiger partial charge in [-0.15, -0.1) is 0 Å². The highest BCUT2D eigenvalue weighted by Gasteiger charge is 2.37. The largest absolute Gasteiger partial charge is 0.456 e. The van der Waals surface area contributed by atoms with E-state index in [1.165, 1.54) is 60.8 Å². The minimum atomic E-state index is -0.149.